The smallest absolute Gasteiger partial charge is 0.227 e. The van der Waals surface area contributed by atoms with Gasteiger partial charge in [0.1, 0.15) is 5.75 Å². The zero-order valence-electron chi connectivity index (χ0n) is 15.4. The standard InChI is InChI=1S/C20H20ClN3O3/c1-13-4-7-15(21)12-17(13)24(2)19(25)11-10-18-22-20(23-27-18)14-5-8-16(26-3)9-6-14/h4-9,12H,10-11H2,1-3H3. The number of rotatable bonds is 6. The molecule has 0 saturated carbocycles. The summed E-state index contributed by atoms with van der Waals surface area (Å²) in [5.41, 5.74) is 2.59. The third-order valence-corrected chi connectivity index (χ3v) is 4.51. The Morgan fingerprint density at radius 3 is 2.67 bits per heavy atom. The van der Waals surface area contributed by atoms with Gasteiger partial charge in [-0.3, -0.25) is 4.79 Å². The summed E-state index contributed by atoms with van der Waals surface area (Å²) in [6.07, 6.45) is 0.624. The number of halogens is 1. The number of carbonyl (C=O) groups excluding carboxylic acids is 1. The number of benzene rings is 2. The normalized spacial score (nSPS) is 10.7. The van der Waals surface area contributed by atoms with Crippen LogP contribution < -0.4 is 9.64 Å². The van der Waals surface area contributed by atoms with Crippen LogP contribution >= 0.6 is 11.6 Å². The molecule has 0 N–H and O–H groups in total. The van der Waals surface area contributed by atoms with Crippen LogP contribution in [0.4, 0.5) is 5.69 Å². The minimum Gasteiger partial charge on any atom is -0.497 e. The van der Waals surface area contributed by atoms with Gasteiger partial charge in [0.25, 0.3) is 0 Å². The van der Waals surface area contributed by atoms with Crippen LogP contribution in [0.5, 0.6) is 5.75 Å². The van der Waals surface area contributed by atoms with Crippen LogP contribution in [0.2, 0.25) is 5.02 Å². The summed E-state index contributed by atoms with van der Waals surface area (Å²) in [5.74, 6) is 1.61. The molecular weight excluding hydrogens is 366 g/mol. The maximum Gasteiger partial charge on any atom is 0.227 e. The summed E-state index contributed by atoms with van der Waals surface area (Å²) in [4.78, 5) is 18.5. The van der Waals surface area contributed by atoms with Gasteiger partial charge in [0.2, 0.25) is 17.6 Å². The predicted molar refractivity (Wildman–Crippen MR) is 104 cm³/mol. The Balaban J connectivity index is 1.63. The van der Waals surface area contributed by atoms with Crippen molar-refractivity contribution in [2.45, 2.75) is 19.8 Å². The summed E-state index contributed by atoms with van der Waals surface area (Å²) >= 11 is 6.04. The van der Waals surface area contributed by atoms with E-state index >= 15 is 0 Å². The molecule has 0 fully saturated rings. The molecule has 0 spiro atoms. The van der Waals surface area contributed by atoms with Crippen molar-refractivity contribution in [2.75, 3.05) is 19.1 Å². The average molecular weight is 386 g/mol. The maximum atomic E-state index is 12.5. The van der Waals surface area contributed by atoms with E-state index < -0.39 is 0 Å². The Morgan fingerprint density at radius 1 is 1.22 bits per heavy atom. The number of aryl methyl sites for hydroxylation is 2. The van der Waals surface area contributed by atoms with Crippen LogP contribution in [-0.4, -0.2) is 30.2 Å². The van der Waals surface area contributed by atoms with E-state index in [1.807, 2.05) is 37.3 Å². The second kappa shape index (κ2) is 8.22. The van der Waals surface area contributed by atoms with Crippen molar-refractivity contribution in [1.29, 1.82) is 0 Å². The maximum absolute atomic E-state index is 12.5. The molecule has 2 aromatic carbocycles. The Bertz CT molecular complexity index is 938. The quantitative estimate of drug-likeness (QED) is 0.632. The number of anilines is 1. The average Bonchev–Trinajstić information content (AvgIpc) is 3.16. The van der Waals surface area contributed by atoms with Gasteiger partial charge in [-0.1, -0.05) is 22.8 Å². The molecule has 0 aliphatic rings. The van der Waals surface area contributed by atoms with E-state index in [-0.39, 0.29) is 12.3 Å². The highest BCUT2D eigenvalue weighted by atomic mass is 35.5. The summed E-state index contributed by atoms with van der Waals surface area (Å²) in [7, 11) is 3.35. The van der Waals surface area contributed by atoms with E-state index in [9.17, 15) is 4.79 Å². The minimum atomic E-state index is -0.0513. The lowest BCUT2D eigenvalue weighted by Gasteiger charge is -2.19. The number of hydrogen-bond donors (Lipinski definition) is 0. The van der Waals surface area contributed by atoms with Crippen molar-refractivity contribution in [1.82, 2.24) is 10.1 Å². The van der Waals surface area contributed by atoms with E-state index in [4.69, 9.17) is 20.9 Å². The number of nitrogens with zero attached hydrogens (tertiary/aromatic N) is 3. The molecule has 27 heavy (non-hydrogen) atoms. The number of aromatic nitrogens is 2. The van der Waals surface area contributed by atoms with Crippen molar-refractivity contribution in [2.24, 2.45) is 0 Å². The molecule has 140 valence electrons. The van der Waals surface area contributed by atoms with E-state index in [1.165, 1.54) is 0 Å². The lowest BCUT2D eigenvalue weighted by Crippen LogP contribution is -2.27. The van der Waals surface area contributed by atoms with Gasteiger partial charge in [0.05, 0.1) is 7.11 Å². The number of methoxy groups -OCH3 is 1. The largest absolute Gasteiger partial charge is 0.497 e. The summed E-state index contributed by atoms with van der Waals surface area (Å²) < 4.78 is 10.4. The second-order valence-corrected chi connectivity index (χ2v) is 6.56. The Labute approximate surface area is 162 Å². The van der Waals surface area contributed by atoms with Crippen LogP contribution in [-0.2, 0) is 11.2 Å². The molecule has 1 amide bonds. The topological polar surface area (TPSA) is 68.5 Å². The monoisotopic (exact) mass is 385 g/mol. The van der Waals surface area contributed by atoms with Gasteiger partial charge in [-0.25, -0.2) is 0 Å². The van der Waals surface area contributed by atoms with Crippen molar-refractivity contribution in [3.8, 4) is 17.1 Å². The molecule has 0 saturated heterocycles. The molecule has 1 aromatic heterocycles. The third kappa shape index (κ3) is 4.46. The van der Waals surface area contributed by atoms with Gasteiger partial charge in [-0.2, -0.15) is 4.98 Å². The van der Waals surface area contributed by atoms with E-state index in [0.29, 0.717) is 23.2 Å². The fourth-order valence-electron chi connectivity index (χ4n) is 2.67. The highest BCUT2D eigenvalue weighted by Gasteiger charge is 2.16. The molecule has 0 aliphatic heterocycles. The first kappa shape index (κ1) is 18.9. The second-order valence-electron chi connectivity index (χ2n) is 6.12. The van der Waals surface area contributed by atoms with Crippen molar-refractivity contribution in [3.63, 3.8) is 0 Å². The molecular formula is C20H20ClN3O3. The zero-order valence-corrected chi connectivity index (χ0v) is 16.2. The first-order valence-corrected chi connectivity index (χ1v) is 8.85. The molecule has 1 heterocycles. The first-order valence-electron chi connectivity index (χ1n) is 8.47. The molecule has 3 aromatic rings. The number of ether oxygens (including phenoxy) is 1. The van der Waals surface area contributed by atoms with Crippen molar-refractivity contribution in [3.05, 3.63) is 58.9 Å². The van der Waals surface area contributed by atoms with E-state index in [0.717, 1.165) is 22.6 Å². The molecule has 3 rings (SSSR count). The Morgan fingerprint density at radius 2 is 1.96 bits per heavy atom. The summed E-state index contributed by atoms with van der Waals surface area (Å²) in [5, 5.41) is 4.57. The fourth-order valence-corrected chi connectivity index (χ4v) is 2.84. The lowest BCUT2D eigenvalue weighted by molar-refractivity contribution is -0.118. The van der Waals surface area contributed by atoms with Crippen LogP contribution in [0.25, 0.3) is 11.4 Å². The van der Waals surface area contributed by atoms with Gasteiger partial charge in [0.15, 0.2) is 0 Å². The van der Waals surface area contributed by atoms with Gasteiger partial charge < -0.3 is 14.2 Å². The van der Waals surface area contributed by atoms with Crippen LogP contribution in [0, 0.1) is 6.92 Å². The number of hydrogen-bond acceptors (Lipinski definition) is 5. The zero-order chi connectivity index (χ0) is 19.4. The van der Waals surface area contributed by atoms with Gasteiger partial charge in [-0.05, 0) is 48.9 Å². The number of amides is 1. The molecule has 7 heteroatoms. The fraction of sp³-hybridized carbons (Fsp3) is 0.250. The third-order valence-electron chi connectivity index (χ3n) is 4.28. The highest BCUT2D eigenvalue weighted by Crippen LogP contribution is 2.24. The SMILES string of the molecule is COc1ccc(-c2noc(CCC(=O)N(C)c3cc(Cl)ccc3C)n2)cc1. The summed E-state index contributed by atoms with van der Waals surface area (Å²) in [6.45, 7) is 1.94. The van der Waals surface area contributed by atoms with E-state index in [1.54, 1.807) is 31.2 Å². The Kier molecular flexibility index (Phi) is 5.76. The predicted octanol–water partition coefficient (Wildman–Crippen LogP) is 4.30. The number of carbonyl (C=O) groups is 1. The molecule has 0 unspecified atom stereocenters. The lowest BCUT2D eigenvalue weighted by atomic mass is 10.1. The Hall–Kier alpha value is -2.86. The van der Waals surface area contributed by atoms with Gasteiger partial charge >= 0.3 is 0 Å². The van der Waals surface area contributed by atoms with Gasteiger partial charge in [0, 0.05) is 36.2 Å². The highest BCUT2D eigenvalue weighted by molar-refractivity contribution is 6.31. The van der Waals surface area contributed by atoms with Gasteiger partial charge in [-0.15, -0.1) is 0 Å². The molecule has 6 nitrogen and oxygen atoms in total. The molecule has 0 radical (unpaired) electrons. The van der Waals surface area contributed by atoms with Crippen molar-refractivity contribution >= 4 is 23.2 Å². The van der Waals surface area contributed by atoms with Crippen molar-refractivity contribution < 1.29 is 14.1 Å². The van der Waals surface area contributed by atoms with E-state index in [2.05, 4.69) is 10.1 Å². The molecule has 0 bridgehead atoms. The van der Waals surface area contributed by atoms with Crippen LogP contribution in [0.1, 0.15) is 17.9 Å². The molecule has 0 aliphatic carbocycles. The summed E-state index contributed by atoms with van der Waals surface area (Å²) in [6, 6.07) is 12.8. The molecule has 0 atom stereocenters. The van der Waals surface area contributed by atoms with Crippen LogP contribution in [0.15, 0.2) is 47.0 Å². The first-order chi connectivity index (χ1) is 13.0. The minimum absolute atomic E-state index is 0.0513. The van der Waals surface area contributed by atoms with Crippen LogP contribution in [0.3, 0.4) is 0 Å².